The standard InChI is InChI=1S/C23H21N7O/c1-16-17(2)29(14-18-9-5-3-6-10-18)23(20(16)13-24)25-21(31)15-30-27-22(26-28-30)19-11-7-4-8-12-19/h3-12H,14-15H2,1-2H3,(H,25,31). The summed E-state index contributed by atoms with van der Waals surface area (Å²) in [5.74, 6) is 0.598. The number of aromatic nitrogens is 5. The van der Waals surface area contributed by atoms with Crippen molar-refractivity contribution in [3.63, 3.8) is 0 Å². The van der Waals surface area contributed by atoms with Crippen molar-refractivity contribution in [3.05, 3.63) is 83.0 Å². The number of amides is 1. The third-order valence-corrected chi connectivity index (χ3v) is 5.15. The Labute approximate surface area is 179 Å². The monoisotopic (exact) mass is 411 g/mol. The second-order valence-corrected chi connectivity index (χ2v) is 7.18. The Morgan fingerprint density at radius 2 is 1.74 bits per heavy atom. The Bertz CT molecular complexity index is 1250. The Hall–Kier alpha value is -4.25. The fourth-order valence-corrected chi connectivity index (χ4v) is 3.41. The first-order chi connectivity index (χ1) is 15.1. The van der Waals surface area contributed by atoms with E-state index < -0.39 is 0 Å². The van der Waals surface area contributed by atoms with Crippen molar-refractivity contribution in [2.24, 2.45) is 0 Å². The number of hydrogen-bond donors (Lipinski definition) is 1. The van der Waals surface area contributed by atoms with Gasteiger partial charge in [-0.05, 0) is 30.2 Å². The zero-order valence-corrected chi connectivity index (χ0v) is 17.3. The summed E-state index contributed by atoms with van der Waals surface area (Å²) < 4.78 is 1.95. The van der Waals surface area contributed by atoms with Crippen LogP contribution in [0.2, 0.25) is 0 Å². The van der Waals surface area contributed by atoms with Gasteiger partial charge >= 0.3 is 0 Å². The first-order valence-electron chi connectivity index (χ1n) is 9.83. The lowest BCUT2D eigenvalue weighted by Crippen LogP contribution is -2.23. The molecular formula is C23H21N7O. The second-order valence-electron chi connectivity index (χ2n) is 7.18. The highest BCUT2D eigenvalue weighted by atomic mass is 16.2. The average Bonchev–Trinajstić information content (AvgIpc) is 3.34. The van der Waals surface area contributed by atoms with Crippen LogP contribution in [0, 0.1) is 25.2 Å². The third kappa shape index (κ3) is 4.21. The van der Waals surface area contributed by atoms with Gasteiger partial charge in [0.25, 0.3) is 0 Å². The highest BCUT2D eigenvalue weighted by Crippen LogP contribution is 2.27. The van der Waals surface area contributed by atoms with Crippen LogP contribution in [0.3, 0.4) is 0 Å². The molecule has 31 heavy (non-hydrogen) atoms. The molecule has 0 fully saturated rings. The maximum absolute atomic E-state index is 12.8. The number of benzene rings is 2. The average molecular weight is 411 g/mol. The quantitative estimate of drug-likeness (QED) is 0.524. The van der Waals surface area contributed by atoms with E-state index in [1.807, 2.05) is 79.1 Å². The van der Waals surface area contributed by atoms with E-state index >= 15 is 0 Å². The highest BCUT2D eigenvalue weighted by molar-refractivity contribution is 5.91. The fraction of sp³-hybridized carbons (Fsp3) is 0.174. The molecule has 1 amide bonds. The summed E-state index contributed by atoms with van der Waals surface area (Å²) >= 11 is 0. The Morgan fingerprint density at radius 1 is 1.06 bits per heavy atom. The van der Waals surface area contributed by atoms with Crippen molar-refractivity contribution in [2.75, 3.05) is 5.32 Å². The van der Waals surface area contributed by atoms with Gasteiger partial charge in [-0.3, -0.25) is 4.79 Å². The molecule has 0 aliphatic carbocycles. The van der Waals surface area contributed by atoms with Crippen LogP contribution in [0.15, 0.2) is 60.7 Å². The van der Waals surface area contributed by atoms with Crippen LogP contribution in [0.1, 0.15) is 22.4 Å². The molecule has 0 bridgehead atoms. The molecule has 0 atom stereocenters. The maximum atomic E-state index is 12.8. The Kier molecular flexibility index (Phi) is 5.58. The van der Waals surface area contributed by atoms with E-state index in [0.29, 0.717) is 23.8 Å². The number of anilines is 1. The van der Waals surface area contributed by atoms with Gasteiger partial charge in [0.1, 0.15) is 18.4 Å². The first kappa shape index (κ1) is 20.0. The summed E-state index contributed by atoms with van der Waals surface area (Å²) in [5, 5.41) is 24.8. The van der Waals surface area contributed by atoms with Crippen LogP contribution in [-0.2, 0) is 17.9 Å². The largest absolute Gasteiger partial charge is 0.326 e. The van der Waals surface area contributed by atoms with Crippen LogP contribution >= 0.6 is 0 Å². The number of nitrogens with one attached hydrogen (secondary N) is 1. The molecule has 2 aromatic heterocycles. The fourth-order valence-electron chi connectivity index (χ4n) is 3.41. The molecule has 8 nitrogen and oxygen atoms in total. The minimum atomic E-state index is -0.333. The van der Waals surface area contributed by atoms with Gasteiger partial charge in [0.2, 0.25) is 11.7 Å². The summed E-state index contributed by atoms with van der Waals surface area (Å²) in [7, 11) is 0. The van der Waals surface area contributed by atoms with Crippen LogP contribution in [-0.4, -0.2) is 30.7 Å². The van der Waals surface area contributed by atoms with E-state index in [1.54, 1.807) is 0 Å². The zero-order chi connectivity index (χ0) is 21.8. The summed E-state index contributed by atoms with van der Waals surface area (Å²) in [5.41, 5.74) is 4.13. The molecule has 4 aromatic rings. The predicted octanol–water partition coefficient (Wildman–Crippen LogP) is 3.32. The van der Waals surface area contributed by atoms with E-state index in [1.165, 1.54) is 4.80 Å². The van der Waals surface area contributed by atoms with E-state index in [4.69, 9.17) is 0 Å². The molecular weight excluding hydrogens is 390 g/mol. The van der Waals surface area contributed by atoms with Crippen molar-refractivity contribution < 1.29 is 4.79 Å². The van der Waals surface area contributed by atoms with E-state index in [9.17, 15) is 10.1 Å². The molecule has 4 rings (SSSR count). The number of nitrogens with zero attached hydrogens (tertiary/aromatic N) is 6. The molecule has 2 heterocycles. The van der Waals surface area contributed by atoms with Crippen molar-refractivity contribution in [1.82, 2.24) is 24.8 Å². The molecule has 1 N–H and O–H groups in total. The number of hydrogen-bond acceptors (Lipinski definition) is 5. The van der Waals surface area contributed by atoms with Crippen molar-refractivity contribution in [2.45, 2.75) is 26.9 Å². The molecule has 8 heteroatoms. The Morgan fingerprint density at radius 3 is 2.42 bits per heavy atom. The lowest BCUT2D eigenvalue weighted by atomic mass is 10.2. The summed E-state index contributed by atoms with van der Waals surface area (Å²) in [6.45, 7) is 4.26. The molecule has 2 aromatic carbocycles. The lowest BCUT2D eigenvalue weighted by molar-refractivity contribution is -0.117. The van der Waals surface area contributed by atoms with Crippen LogP contribution < -0.4 is 5.32 Å². The lowest BCUT2D eigenvalue weighted by Gasteiger charge is -2.13. The maximum Gasteiger partial charge on any atom is 0.249 e. The highest BCUT2D eigenvalue weighted by Gasteiger charge is 2.20. The topological polar surface area (TPSA) is 101 Å². The van der Waals surface area contributed by atoms with Crippen molar-refractivity contribution in [1.29, 1.82) is 5.26 Å². The molecule has 0 aliphatic rings. The van der Waals surface area contributed by atoms with Gasteiger partial charge in [0, 0.05) is 17.8 Å². The van der Waals surface area contributed by atoms with Gasteiger partial charge in [-0.25, -0.2) is 0 Å². The van der Waals surface area contributed by atoms with E-state index in [0.717, 1.165) is 22.4 Å². The van der Waals surface area contributed by atoms with Gasteiger partial charge in [0.05, 0.1) is 5.56 Å². The second kappa shape index (κ2) is 8.63. The normalized spacial score (nSPS) is 10.6. The van der Waals surface area contributed by atoms with Gasteiger partial charge in [-0.1, -0.05) is 60.7 Å². The third-order valence-electron chi connectivity index (χ3n) is 5.15. The van der Waals surface area contributed by atoms with Crippen molar-refractivity contribution in [3.8, 4) is 17.5 Å². The molecule has 0 saturated heterocycles. The molecule has 0 radical (unpaired) electrons. The molecule has 0 aliphatic heterocycles. The van der Waals surface area contributed by atoms with Crippen LogP contribution in [0.5, 0.6) is 0 Å². The predicted molar refractivity (Wildman–Crippen MR) is 116 cm³/mol. The van der Waals surface area contributed by atoms with Crippen molar-refractivity contribution >= 4 is 11.7 Å². The minimum Gasteiger partial charge on any atom is -0.326 e. The first-order valence-corrected chi connectivity index (χ1v) is 9.83. The van der Waals surface area contributed by atoms with Gasteiger partial charge < -0.3 is 9.88 Å². The Balaban J connectivity index is 1.56. The summed E-state index contributed by atoms with van der Waals surface area (Å²) in [6.07, 6.45) is 0. The number of tetrazole rings is 1. The molecule has 0 spiro atoms. The van der Waals surface area contributed by atoms with Gasteiger partial charge in [0.15, 0.2) is 0 Å². The smallest absolute Gasteiger partial charge is 0.249 e. The number of carbonyl (C=O) groups excluding carboxylic acids is 1. The van der Waals surface area contributed by atoms with Crippen LogP contribution in [0.4, 0.5) is 5.82 Å². The van der Waals surface area contributed by atoms with E-state index in [-0.39, 0.29) is 12.5 Å². The molecule has 0 unspecified atom stereocenters. The van der Waals surface area contributed by atoms with E-state index in [2.05, 4.69) is 26.8 Å². The van der Waals surface area contributed by atoms with Crippen LogP contribution in [0.25, 0.3) is 11.4 Å². The summed E-state index contributed by atoms with van der Waals surface area (Å²) in [4.78, 5) is 14.0. The SMILES string of the molecule is Cc1c(C#N)c(NC(=O)Cn2nnc(-c3ccccc3)n2)n(Cc2ccccc2)c1C. The number of nitriles is 1. The minimum absolute atomic E-state index is 0.112. The number of carbonyl (C=O) groups is 1. The zero-order valence-electron chi connectivity index (χ0n) is 17.3. The van der Waals surface area contributed by atoms with Gasteiger partial charge in [-0.15, -0.1) is 10.2 Å². The summed E-state index contributed by atoms with van der Waals surface area (Å²) in [6, 6.07) is 21.6. The molecule has 154 valence electrons. The number of rotatable bonds is 6. The van der Waals surface area contributed by atoms with Gasteiger partial charge in [-0.2, -0.15) is 10.1 Å². The molecule has 0 saturated carbocycles.